The van der Waals surface area contributed by atoms with Gasteiger partial charge in [0.1, 0.15) is 0 Å². The number of nitrogens with zero attached hydrogens (tertiary/aromatic N) is 1. The van der Waals surface area contributed by atoms with Crippen LogP contribution < -0.4 is 10.6 Å². The van der Waals surface area contributed by atoms with E-state index in [-0.39, 0.29) is 0 Å². The number of terminal acetylenes is 1. The quantitative estimate of drug-likeness (QED) is 0.505. The van der Waals surface area contributed by atoms with Crippen molar-refractivity contribution in [3.05, 3.63) is 20.8 Å². The molecule has 0 amide bonds. The van der Waals surface area contributed by atoms with E-state index in [4.69, 9.17) is 6.42 Å². The molecule has 15 heavy (non-hydrogen) atoms. The molecule has 80 valence electrons. The van der Waals surface area contributed by atoms with Gasteiger partial charge < -0.3 is 10.6 Å². The number of hydrogen-bond acceptors (Lipinski definition) is 2. The number of thiophene rings is 1. The maximum atomic E-state index is 5.14. The first-order chi connectivity index (χ1) is 7.26. The summed E-state index contributed by atoms with van der Waals surface area (Å²) in [7, 11) is 1.72. The molecule has 0 aliphatic heterocycles. The summed E-state index contributed by atoms with van der Waals surface area (Å²) in [6.45, 7) is 1.23. The molecule has 0 aliphatic carbocycles. The van der Waals surface area contributed by atoms with Crippen molar-refractivity contribution in [2.45, 2.75) is 6.54 Å². The molecule has 2 N–H and O–H groups in total. The van der Waals surface area contributed by atoms with Gasteiger partial charge >= 0.3 is 0 Å². The Kier molecular flexibility index (Phi) is 5.22. The first-order valence-electron chi connectivity index (χ1n) is 4.38. The van der Waals surface area contributed by atoms with Crippen LogP contribution in [0.25, 0.3) is 0 Å². The van der Waals surface area contributed by atoms with Gasteiger partial charge in [-0.25, -0.2) is 0 Å². The zero-order chi connectivity index (χ0) is 11.1. The maximum Gasteiger partial charge on any atom is 0.192 e. The molecule has 0 saturated carbocycles. The van der Waals surface area contributed by atoms with Crippen molar-refractivity contribution in [3.63, 3.8) is 0 Å². The van der Waals surface area contributed by atoms with Gasteiger partial charge in [0, 0.05) is 11.9 Å². The standard InChI is InChI=1S/C10H12BrN3S/c1-3-6-13-10(12-2)14-7-8-4-5-9(11)15-8/h1,4-5H,6-7H2,2H3,(H2,12,13,14). The average Bonchev–Trinajstić information content (AvgIpc) is 2.65. The summed E-state index contributed by atoms with van der Waals surface area (Å²) in [5, 5.41) is 6.16. The van der Waals surface area contributed by atoms with Crippen LogP contribution >= 0.6 is 27.3 Å². The molecule has 0 aromatic carbocycles. The van der Waals surface area contributed by atoms with Gasteiger partial charge in [-0.1, -0.05) is 5.92 Å². The highest BCUT2D eigenvalue weighted by molar-refractivity contribution is 9.11. The second-order valence-corrected chi connectivity index (χ2v) is 5.24. The lowest BCUT2D eigenvalue weighted by molar-refractivity contribution is 0.863. The maximum absolute atomic E-state index is 5.14. The predicted octanol–water partition coefficient (Wildman–Crippen LogP) is 1.81. The van der Waals surface area contributed by atoms with E-state index < -0.39 is 0 Å². The van der Waals surface area contributed by atoms with Crippen LogP contribution in [0, 0.1) is 12.3 Å². The van der Waals surface area contributed by atoms with Crippen molar-refractivity contribution in [2.75, 3.05) is 13.6 Å². The molecule has 1 aromatic heterocycles. The van der Waals surface area contributed by atoms with E-state index in [0.717, 1.165) is 16.3 Å². The van der Waals surface area contributed by atoms with Crippen molar-refractivity contribution in [1.29, 1.82) is 0 Å². The molecular weight excluding hydrogens is 274 g/mol. The lowest BCUT2D eigenvalue weighted by atomic mass is 10.5. The van der Waals surface area contributed by atoms with E-state index in [9.17, 15) is 0 Å². The number of nitrogens with one attached hydrogen (secondary N) is 2. The van der Waals surface area contributed by atoms with Crippen LogP contribution in [0.2, 0.25) is 0 Å². The van der Waals surface area contributed by atoms with E-state index >= 15 is 0 Å². The van der Waals surface area contributed by atoms with Crippen LogP contribution in [0.4, 0.5) is 0 Å². The Morgan fingerprint density at radius 2 is 2.40 bits per heavy atom. The van der Waals surface area contributed by atoms with Crippen molar-refractivity contribution >= 4 is 33.2 Å². The van der Waals surface area contributed by atoms with Crippen molar-refractivity contribution in [3.8, 4) is 12.3 Å². The normalized spacial score (nSPS) is 10.9. The summed E-state index contributed by atoms with van der Waals surface area (Å²) in [6.07, 6.45) is 5.14. The Morgan fingerprint density at radius 1 is 1.60 bits per heavy atom. The Bertz CT molecular complexity index is 378. The van der Waals surface area contributed by atoms with E-state index in [1.807, 2.05) is 6.07 Å². The lowest BCUT2D eigenvalue weighted by Gasteiger charge is -2.08. The molecule has 1 rings (SSSR count). The Morgan fingerprint density at radius 3 is 2.93 bits per heavy atom. The largest absolute Gasteiger partial charge is 0.352 e. The first kappa shape index (κ1) is 12.1. The Balaban J connectivity index is 2.38. The molecule has 0 fully saturated rings. The van der Waals surface area contributed by atoms with Crippen LogP contribution in [0.15, 0.2) is 20.9 Å². The van der Waals surface area contributed by atoms with E-state index in [0.29, 0.717) is 6.54 Å². The molecular formula is C10H12BrN3S. The molecule has 0 saturated heterocycles. The fourth-order valence-electron chi connectivity index (χ4n) is 0.973. The van der Waals surface area contributed by atoms with Crippen LogP contribution in [0.5, 0.6) is 0 Å². The molecule has 3 nitrogen and oxygen atoms in total. The minimum absolute atomic E-state index is 0.480. The monoisotopic (exact) mass is 285 g/mol. The topological polar surface area (TPSA) is 36.4 Å². The highest BCUT2D eigenvalue weighted by Crippen LogP contribution is 2.21. The first-order valence-corrected chi connectivity index (χ1v) is 5.99. The molecule has 0 bridgehead atoms. The van der Waals surface area contributed by atoms with Gasteiger partial charge in [0.15, 0.2) is 5.96 Å². The molecule has 0 aliphatic rings. The highest BCUT2D eigenvalue weighted by atomic mass is 79.9. The third-order valence-corrected chi connectivity index (χ3v) is 3.26. The van der Waals surface area contributed by atoms with Crippen LogP contribution in [-0.2, 0) is 6.54 Å². The van der Waals surface area contributed by atoms with Crippen molar-refractivity contribution < 1.29 is 0 Å². The Hall–Kier alpha value is -0.990. The van der Waals surface area contributed by atoms with E-state index in [1.165, 1.54) is 4.88 Å². The van der Waals surface area contributed by atoms with Gasteiger partial charge in [0.05, 0.1) is 16.9 Å². The number of rotatable bonds is 3. The third-order valence-electron chi connectivity index (χ3n) is 1.64. The van der Waals surface area contributed by atoms with Gasteiger partial charge in [-0.2, -0.15) is 0 Å². The minimum atomic E-state index is 0.480. The fourth-order valence-corrected chi connectivity index (χ4v) is 2.40. The third kappa shape index (κ3) is 4.36. The fraction of sp³-hybridized carbons (Fsp3) is 0.300. The number of aliphatic imine (C=N–C) groups is 1. The summed E-state index contributed by atoms with van der Waals surface area (Å²) >= 11 is 5.11. The molecule has 0 spiro atoms. The smallest absolute Gasteiger partial charge is 0.192 e. The summed E-state index contributed by atoms with van der Waals surface area (Å²) in [5.74, 6) is 3.22. The number of guanidine groups is 1. The van der Waals surface area contributed by atoms with Gasteiger partial charge in [-0.05, 0) is 28.1 Å². The Labute approximate surface area is 102 Å². The van der Waals surface area contributed by atoms with Crippen LogP contribution in [0.3, 0.4) is 0 Å². The van der Waals surface area contributed by atoms with Crippen molar-refractivity contribution in [2.24, 2.45) is 4.99 Å². The summed E-state index contributed by atoms with van der Waals surface area (Å²) in [4.78, 5) is 5.28. The minimum Gasteiger partial charge on any atom is -0.352 e. The molecule has 1 heterocycles. The second-order valence-electron chi connectivity index (χ2n) is 2.69. The van der Waals surface area contributed by atoms with Gasteiger partial charge in [-0.3, -0.25) is 4.99 Å². The SMILES string of the molecule is C#CCNC(=NC)NCc1ccc(Br)s1. The molecule has 0 unspecified atom stereocenters. The predicted molar refractivity (Wildman–Crippen MR) is 69.1 cm³/mol. The second kappa shape index (κ2) is 6.49. The van der Waals surface area contributed by atoms with Gasteiger partial charge in [0.2, 0.25) is 0 Å². The zero-order valence-corrected chi connectivity index (χ0v) is 10.8. The summed E-state index contributed by atoms with van der Waals surface area (Å²) < 4.78 is 1.13. The van der Waals surface area contributed by atoms with Gasteiger partial charge in [-0.15, -0.1) is 17.8 Å². The van der Waals surface area contributed by atoms with E-state index in [1.54, 1.807) is 18.4 Å². The highest BCUT2D eigenvalue weighted by Gasteiger charge is 1.99. The number of halogens is 1. The van der Waals surface area contributed by atoms with Gasteiger partial charge in [0.25, 0.3) is 0 Å². The molecule has 0 radical (unpaired) electrons. The lowest BCUT2D eigenvalue weighted by Crippen LogP contribution is -2.36. The molecule has 5 heteroatoms. The van der Waals surface area contributed by atoms with E-state index in [2.05, 4.69) is 43.5 Å². The van der Waals surface area contributed by atoms with Crippen LogP contribution in [-0.4, -0.2) is 19.6 Å². The average molecular weight is 286 g/mol. The van der Waals surface area contributed by atoms with Crippen molar-refractivity contribution in [1.82, 2.24) is 10.6 Å². The van der Waals surface area contributed by atoms with Crippen LogP contribution in [0.1, 0.15) is 4.88 Å². The zero-order valence-electron chi connectivity index (χ0n) is 8.38. The summed E-state index contributed by atoms with van der Waals surface area (Å²) in [6, 6.07) is 4.09. The molecule has 0 atom stereocenters. The molecule has 1 aromatic rings. The summed E-state index contributed by atoms with van der Waals surface area (Å²) in [5.41, 5.74) is 0. The number of hydrogen-bond donors (Lipinski definition) is 2.